The first-order valence-corrected chi connectivity index (χ1v) is 14.8. The van der Waals surface area contributed by atoms with E-state index >= 15 is 0 Å². The van der Waals surface area contributed by atoms with Crippen molar-refractivity contribution in [3.8, 4) is 5.75 Å². The summed E-state index contributed by atoms with van der Waals surface area (Å²) in [4.78, 5) is 22.6. The average Bonchev–Trinajstić information content (AvgIpc) is 3.12. The normalized spacial score (nSPS) is 22.9. The molecular formula is C32H37BClN3O3. The van der Waals surface area contributed by atoms with Crippen LogP contribution in [0, 0.1) is 5.92 Å². The SMILES string of the molecule is CB1N=C(C2CCC(Oc3ccc4ccccc4c3)CC2)N2c3ccc(Cl)cc3CN(C(=O)OC(C)(C)C)CC12. The third-order valence-corrected chi connectivity index (χ3v) is 8.49. The van der Waals surface area contributed by atoms with Gasteiger partial charge in [-0.25, -0.2) is 4.79 Å². The number of rotatable bonds is 3. The van der Waals surface area contributed by atoms with Gasteiger partial charge in [0.1, 0.15) is 11.4 Å². The zero-order valence-electron chi connectivity index (χ0n) is 23.8. The predicted molar refractivity (Wildman–Crippen MR) is 164 cm³/mol. The summed E-state index contributed by atoms with van der Waals surface area (Å²) in [7, 11) is 0. The molecule has 6 rings (SSSR count). The van der Waals surface area contributed by atoms with Crippen molar-refractivity contribution in [2.75, 3.05) is 11.4 Å². The molecule has 3 aromatic carbocycles. The Kier molecular flexibility index (Phi) is 7.20. The van der Waals surface area contributed by atoms with Crippen molar-refractivity contribution in [2.24, 2.45) is 10.8 Å². The van der Waals surface area contributed by atoms with Crippen LogP contribution < -0.4 is 9.64 Å². The van der Waals surface area contributed by atoms with E-state index in [1.807, 2.05) is 37.8 Å². The summed E-state index contributed by atoms with van der Waals surface area (Å²) < 4.78 is 12.2. The first-order valence-electron chi connectivity index (χ1n) is 14.4. The average molecular weight is 558 g/mol. The van der Waals surface area contributed by atoms with Crippen LogP contribution in [-0.4, -0.2) is 47.9 Å². The van der Waals surface area contributed by atoms with Crippen molar-refractivity contribution in [1.82, 2.24) is 4.90 Å². The number of halogens is 1. The standard InChI is InChI=1S/C32H37BClN3O3/c1-32(2,3)40-31(38)36-19-24-17-25(34)12-16-28(24)37-29(20-36)33(4)35-30(37)22-10-13-26(14-11-22)39-27-15-9-21-7-5-6-8-23(21)18-27/h5-9,12,15-18,22,26,29H,10-11,13-14,19-20H2,1-4H3. The zero-order chi connectivity index (χ0) is 28.0. The molecule has 1 fully saturated rings. The fourth-order valence-corrected chi connectivity index (χ4v) is 6.52. The van der Waals surface area contributed by atoms with Gasteiger partial charge in [0.2, 0.25) is 0 Å². The molecule has 0 spiro atoms. The van der Waals surface area contributed by atoms with Crippen molar-refractivity contribution >= 4 is 46.8 Å². The molecule has 1 saturated carbocycles. The number of anilines is 1. The van der Waals surface area contributed by atoms with Gasteiger partial charge in [-0.2, -0.15) is 0 Å². The molecule has 0 N–H and O–H groups in total. The summed E-state index contributed by atoms with van der Waals surface area (Å²) in [5, 5.41) is 3.10. The molecule has 1 amide bonds. The first-order chi connectivity index (χ1) is 19.1. The number of ether oxygens (including phenoxy) is 2. The Morgan fingerprint density at radius 1 is 1.00 bits per heavy atom. The second-order valence-corrected chi connectivity index (χ2v) is 12.8. The molecule has 3 aliphatic rings. The highest BCUT2D eigenvalue weighted by Crippen LogP contribution is 2.39. The van der Waals surface area contributed by atoms with Gasteiger partial charge in [-0.05, 0) is 93.1 Å². The monoisotopic (exact) mass is 557 g/mol. The molecule has 3 aromatic rings. The Morgan fingerprint density at radius 3 is 2.50 bits per heavy atom. The molecule has 2 aliphatic heterocycles. The van der Waals surface area contributed by atoms with E-state index in [-0.39, 0.29) is 25.0 Å². The minimum Gasteiger partial charge on any atom is -0.490 e. The molecular weight excluding hydrogens is 521 g/mol. The van der Waals surface area contributed by atoms with Gasteiger partial charge >= 0.3 is 12.9 Å². The third kappa shape index (κ3) is 5.53. The van der Waals surface area contributed by atoms with Crippen LogP contribution in [0.1, 0.15) is 52.0 Å². The number of fused-ring (bicyclic) bond motifs is 4. The lowest BCUT2D eigenvalue weighted by Crippen LogP contribution is -2.50. The minimum atomic E-state index is -0.559. The number of nitrogens with zero attached hydrogens (tertiary/aromatic N) is 3. The van der Waals surface area contributed by atoms with Gasteiger partial charge in [0.25, 0.3) is 0 Å². The second-order valence-electron chi connectivity index (χ2n) is 12.4. The summed E-state index contributed by atoms with van der Waals surface area (Å²) in [6.45, 7) is 8.94. The van der Waals surface area contributed by atoms with Crippen molar-refractivity contribution in [3.63, 3.8) is 0 Å². The predicted octanol–water partition coefficient (Wildman–Crippen LogP) is 7.63. The van der Waals surface area contributed by atoms with Crippen LogP contribution in [0.25, 0.3) is 10.8 Å². The van der Waals surface area contributed by atoms with Gasteiger partial charge in [-0.15, -0.1) is 0 Å². The molecule has 0 bridgehead atoms. The van der Waals surface area contributed by atoms with Crippen molar-refractivity contribution in [2.45, 2.75) is 77.5 Å². The Hall–Kier alpha value is -3.19. The van der Waals surface area contributed by atoms with Crippen LogP contribution in [0.15, 0.2) is 65.6 Å². The molecule has 0 saturated heterocycles. The van der Waals surface area contributed by atoms with Crippen LogP contribution in [-0.2, 0) is 11.3 Å². The van der Waals surface area contributed by atoms with E-state index < -0.39 is 5.60 Å². The quantitative estimate of drug-likeness (QED) is 0.311. The molecule has 0 aromatic heterocycles. The number of hydrogen-bond donors (Lipinski definition) is 0. The molecule has 1 unspecified atom stereocenters. The molecule has 2 heterocycles. The lowest BCUT2D eigenvalue weighted by molar-refractivity contribution is 0.0238. The highest BCUT2D eigenvalue weighted by molar-refractivity contribution is 6.63. The summed E-state index contributed by atoms with van der Waals surface area (Å²) in [6, 6.07) is 20.7. The van der Waals surface area contributed by atoms with Crippen LogP contribution in [0.3, 0.4) is 0 Å². The van der Waals surface area contributed by atoms with Crippen LogP contribution in [0.5, 0.6) is 5.75 Å². The maximum atomic E-state index is 13.2. The van der Waals surface area contributed by atoms with E-state index in [0.29, 0.717) is 24.0 Å². The minimum absolute atomic E-state index is 0.0523. The number of amides is 1. The lowest BCUT2D eigenvalue weighted by Gasteiger charge is -2.36. The van der Waals surface area contributed by atoms with Crippen LogP contribution in [0.2, 0.25) is 11.8 Å². The van der Waals surface area contributed by atoms with Crippen molar-refractivity contribution in [1.29, 1.82) is 0 Å². The van der Waals surface area contributed by atoms with Crippen molar-refractivity contribution in [3.05, 3.63) is 71.2 Å². The Labute approximate surface area is 242 Å². The molecule has 0 radical (unpaired) electrons. The third-order valence-electron chi connectivity index (χ3n) is 8.26. The Bertz CT molecular complexity index is 1450. The fraction of sp³-hybridized carbons (Fsp3) is 0.438. The van der Waals surface area contributed by atoms with E-state index in [9.17, 15) is 4.79 Å². The number of amidine groups is 1. The van der Waals surface area contributed by atoms with Gasteiger partial charge in [0, 0.05) is 23.2 Å². The largest absolute Gasteiger partial charge is 0.490 e. The number of hydrogen-bond acceptors (Lipinski definition) is 5. The zero-order valence-corrected chi connectivity index (χ0v) is 24.5. The topological polar surface area (TPSA) is 54.4 Å². The van der Waals surface area contributed by atoms with Gasteiger partial charge in [-0.1, -0.05) is 48.8 Å². The fourth-order valence-electron chi connectivity index (χ4n) is 6.33. The van der Waals surface area contributed by atoms with E-state index in [2.05, 4.69) is 60.3 Å². The second kappa shape index (κ2) is 10.7. The molecule has 8 heteroatoms. The lowest BCUT2D eigenvalue weighted by atomic mass is 9.59. The summed E-state index contributed by atoms with van der Waals surface area (Å²) in [5.41, 5.74) is 1.56. The molecule has 1 aliphatic carbocycles. The highest BCUT2D eigenvalue weighted by Gasteiger charge is 2.45. The van der Waals surface area contributed by atoms with Crippen molar-refractivity contribution < 1.29 is 14.3 Å². The maximum Gasteiger partial charge on any atom is 0.410 e. The van der Waals surface area contributed by atoms with Crippen LogP contribution >= 0.6 is 11.6 Å². The van der Waals surface area contributed by atoms with Gasteiger partial charge < -0.3 is 24.2 Å². The number of carbonyl (C=O) groups is 1. The maximum absolute atomic E-state index is 13.2. The molecule has 208 valence electrons. The molecule has 6 nitrogen and oxygen atoms in total. The molecule has 40 heavy (non-hydrogen) atoms. The van der Waals surface area contributed by atoms with E-state index in [4.69, 9.17) is 26.0 Å². The Morgan fingerprint density at radius 2 is 1.75 bits per heavy atom. The van der Waals surface area contributed by atoms with Crippen LogP contribution in [0.4, 0.5) is 10.5 Å². The smallest absolute Gasteiger partial charge is 0.410 e. The van der Waals surface area contributed by atoms with E-state index in [1.165, 1.54) is 10.8 Å². The van der Waals surface area contributed by atoms with E-state index in [0.717, 1.165) is 48.5 Å². The first kappa shape index (κ1) is 27.0. The Balaban J connectivity index is 1.19. The number of benzene rings is 3. The molecule has 1 atom stereocenters. The summed E-state index contributed by atoms with van der Waals surface area (Å²) >= 11 is 6.44. The van der Waals surface area contributed by atoms with Gasteiger partial charge in [0.05, 0.1) is 24.4 Å². The highest BCUT2D eigenvalue weighted by atomic mass is 35.5. The summed E-state index contributed by atoms with van der Waals surface area (Å²) in [6.07, 6.45) is 3.91. The van der Waals surface area contributed by atoms with E-state index in [1.54, 1.807) is 0 Å². The van der Waals surface area contributed by atoms with Gasteiger partial charge in [0.15, 0.2) is 0 Å². The van der Waals surface area contributed by atoms with Gasteiger partial charge in [-0.3, -0.25) is 0 Å². The summed E-state index contributed by atoms with van der Waals surface area (Å²) in [5.74, 6) is 2.47. The number of carbonyl (C=O) groups excluding carboxylic acids is 1.